The second-order valence-corrected chi connectivity index (χ2v) is 3.14. The minimum atomic E-state index is -1.20. The molecule has 0 radical (unpaired) electrons. The maximum Gasteiger partial charge on any atom is 0.327 e. The first-order valence-corrected chi connectivity index (χ1v) is 4.83. The summed E-state index contributed by atoms with van der Waals surface area (Å²) in [4.78, 5) is 9.73. The van der Waals surface area contributed by atoms with Gasteiger partial charge in [-0.3, -0.25) is 10.1 Å². The molecule has 0 heterocycles. The Kier molecular flexibility index (Phi) is 4.40. The van der Waals surface area contributed by atoms with E-state index < -0.39 is 22.2 Å². The summed E-state index contributed by atoms with van der Waals surface area (Å²) in [5.41, 5.74) is -0.929. The van der Waals surface area contributed by atoms with Gasteiger partial charge in [0.25, 0.3) is 0 Å². The number of rotatable bonds is 4. The summed E-state index contributed by atoms with van der Waals surface area (Å²) < 4.78 is 26.1. The Labute approximate surface area is 96.8 Å². The van der Waals surface area contributed by atoms with Crippen molar-refractivity contribution in [2.45, 2.75) is 13.3 Å². The Balaban J connectivity index is 2.94. The van der Waals surface area contributed by atoms with E-state index in [4.69, 9.17) is 0 Å². The molecule has 0 aliphatic heterocycles. The van der Waals surface area contributed by atoms with E-state index in [0.29, 0.717) is 12.5 Å². The first-order chi connectivity index (χ1) is 8.06. The van der Waals surface area contributed by atoms with Crippen molar-refractivity contribution in [2.24, 2.45) is 0 Å². The van der Waals surface area contributed by atoms with Crippen LogP contribution in [0.2, 0.25) is 0 Å². The third-order valence-corrected chi connectivity index (χ3v) is 1.95. The van der Waals surface area contributed by atoms with Crippen molar-refractivity contribution in [3.63, 3.8) is 0 Å². The largest absolute Gasteiger partial charge is 0.378 e. The first kappa shape index (κ1) is 12.9. The maximum absolute atomic E-state index is 13.2. The maximum atomic E-state index is 13.2. The summed E-state index contributed by atoms with van der Waals surface area (Å²) in [5, 5.41) is 13.2. The van der Waals surface area contributed by atoms with Gasteiger partial charge in [0.15, 0.2) is 0 Å². The van der Waals surface area contributed by atoms with Crippen molar-refractivity contribution in [3.8, 4) is 11.8 Å². The standard InChI is InChI=1S/C11H10F2N2O2/c1-2-3-4-5-14-10-7-8(12)6-9(13)11(10)15(16)17/h6-7,14H,4-5H2,1H3. The van der Waals surface area contributed by atoms with Gasteiger partial charge in [-0.05, 0) is 6.92 Å². The first-order valence-electron chi connectivity index (χ1n) is 4.83. The van der Waals surface area contributed by atoms with Gasteiger partial charge in [-0.1, -0.05) is 0 Å². The normalized spacial score (nSPS) is 9.35. The Hall–Kier alpha value is -2.16. The van der Waals surface area contributed by atoms with Crippen LogP contribution in [0.15, 0.2) is 12.1 Å². The molecule has 0 aromatic heterocycles. The monoisotopic (exact) mass is 240 g/mol. The number of hydrogen-bond acceptors (Lipinski definition) is 3. The molecule has 1 aromatic rings. The quantitative estimate of drug-likeness (QED) is 0.381. The molecule has 0 amide bonds. The molecule has 1 N–H and O–H groups in total. The van der Waals surface area contributed by atoms with Crippen LogP contribution in [0.1, 0.15) is 13.3 Å². The van der Waals surface area contributed by atoms with Crippen LogP contribution in [0, 0.1) is 33.6 Å². The molecule has 0 spiro atoms. The molecule has 17 heavy (non-hydrogen) atoms. The van der Waals surface area contributed by atoms with Gasteiger partial charge in [-0.15, -0.1) is 11.8 Å². The fraction of sp³-hybridized carbons (Fsp3) is 0.273. The molecule has 0 fully saturated rings. The average Bonchev–Trinajstić information content (AvgIpc) is 2.22. The van der Waals surface area contributed by atoms with Gasteiger partial charge in [0.2, 0.25) is 5.82 Å². The highest BCUT2D eigenvalue weighted by molar-refractivity contribution is 5.62. The van der Waals surface area contributed by atoms with E-state index in [-0.39, 0.29) is 12.2 Å². The van der Waals surface area contributed by atoms with Gasteiger partial charge in [0, 0.05) is 25.1 Å². The predicted molar refractivity (Wildman–Crippen MR) is 59.6 cm³/mol. The fourth-order valence-corrected chi connectivity index (χ4v) is 1.27. The minimum Gasteiger partial charge on any atom is -0.378 e. The molecule has 6 heteroatoms. The summed E-state index contributed by atoms with van der Waals surface area (Å²) in [7, 11) is 0. The van der Waals surface area contributed by atoms with Crippen LogP contribution < -0.4 is 5.32 Å². The molecule has 0 aliphatic carbocycles. The fourth-order valence-electron chi connectivity index (χ4n) is 1.27. The molecule has 0 saturated heterocycles. The van der Waals surface area contributed by atoms with Gasteiger partial charge in [0.1, 0.15) is 11.5 Å². The zero-order chi connectivity index (χ0) is 12.8. The molecule has 1 aromatic carbocycles. The van der Waals surface area contributed by atoms with E-state index in [0.717, 1.165) is 6.07 Å². The number of nitrogens with zero attached hydrogens (tertiary/aromatic N) is 1. The summed E-state index contributed by atoms with van der Waals surface area (Å²) in [6.07, 6.45) is 0.436. The van der Waals surface area contributed by atoms with Crippen LogP contribution in [0.5, 0.6) is 0 Å². The highest BCUT2D eigenvalue weighted by Gasteiger charge is 2.21. The minimum absolute atomic E-state index is 0.176. The van der Waals surface area contributed by atoms with Crippen molar-refractivity contribution in [2.75, 3.05) is 11.9 Å². The Morgan fingerprint density at radius 1 is 1.47 bits per heavy atom. The van der Waals surface area contributed by atoms with Crippen molar-refractivity contribution in [1.82, 2.24) is 0 Å². The lowest BCUT2D eigenvalue weighted by molar-refractivity contribution is -0.386. The van der Waals surface area contributed by atoms with Crippen molar-refractivity contribution >= 4 is 11.4 Å². The Bertz CT molecular complexity index is 492. The predicted octanol–water partition coefficient (Wildman–Crippen LogP) is 2.70. The van der Waals surface area contributed by atoms with Crippen molar-refractivity contribution in [1.29, 1.82) is 0 Å². The van der Waals surface area contributed by atoms with Crippen LogP contribution in [0.3, 0.4) is 0 Å². The van der Waals surface area contributed by atoms with Crippen LogP contribution in [-0.4, -0.2) is 11.5 Å². The van der Waals surface area contributed by atoms with E-state index in [1.807, 2.05) is 0 Å². The lowest BCUT2D eigenvalue weighted by atomic mass is 10.2. The number of anilines is 1. The zero-order valence-corrected chi connectivity index (χ0v) is 9.09. The number of nitro groups is 1. The van der Waals surface area contributed by atoms with E-state index in [9.17, 15) is 18.9 Å². The molecule has 0 atom stereocenters. The van der Waals surface area contributed by atoms with Crippen molar-refractivity contribution in [3.05, 3.63) is 33.9 Å². The van der Waals surface area contributed by atoms with Crippen LogP contribution in [0.25, 0.3) is 0 Å². The van der Waals surface area contributed by atoms with Crippen LogP contribution in [0.4, 0.5) is 20.2 Å². The average molecular weight is 240 g/mol. The molecular weight excluding hydrogens is 230 g/mol. The third-order valence-electron chi connectivity index (χ3n) is 1.95. The molecule has 0 unspecified atom stereocenters. The lowest BCUT2D eigenvalue weighted by Crippen LogP contribution is -2.05. The number of nitrogens with one attached hydrogen (secondary N) is 1. The molecule has 1 rings (SSSR count). The summed E-state index contributed by atoms with van der Waals surface area (Å²) in [6.45, 7) is 1.94. The number of hydrogen-bond donors (Lipinski definition) is 1. The molecule has 0 saturated carbocycles. The molecule has 90 valence electrons. The summed E-state index contributed by atoms with van der Waals surface area (Å²) in [5.74, 6) is 3.31. The number of nitro benzene ring substituents is 1. The van der Waals surface area contributed by atoms with E-state index in [1.54, 1.807) is 6.92 Å². The number of benzene rings is 1. The molecule has 0 aliphatic rings. The highest BCUT2D eigenvalue weighted by atomic mass is 19.1. The Morgan fingerprint density at radius 3 is 2.76 bits per heavy atom. The topological polar surface area (TPSA) is 55.2 Å². The van der Waals surface area contributed by atoms with Gasteiger partial charge >= 0.3 is 5.69 Å². The molecular formula is C11H10F2N2O2. The van der Waals surface area contributed by atoms with Crippen LogP contribution in [-0.2, 0) is 0 Å². The van der Waals surface area contributed by atoms with Crippen LogP contribution >= 0.6 is 0 Å². The zero-order valence-electron chi connectivity index (χ0n) is 9.09. The SMILES string of the molecule is CC#CCCNc1cc(F)cc(F)c1[N+](=O)[O-]. The van der Waals surface area contributed by atoms with Gasteiger partial charge in [0.05, 0.1) is 4.92 Å². The van der Waals surface area contributed by atoms with E-state index >= 15 is 0 Å². The highest BCUT2D eigenvalue weighted by Crippen LogP contribution is 2.28. The van der Waals surface area contributed by atoms with Crippen molar-refractivity contribution < 1.29 is 13.7 Å². The van der Waals surface area contributed by atoms with Gasteiger partial charge in [-0.2, -0.15) is 4.39 Å². The summed E-state index contributed by atoms with van der Waals surface area (Å²) >= 11 is 0. The third kappa shape index (κ3) is 3.41. The Morgan fingerprint density at radius 2 is 2.18 bits per heavy atom. The molecule has 4 nitrogen and oxygen atoms in total. The second kappa shape index (κ2) is 5.80. The lowest BCUT2D eigenvalue weighted by Gasteiger charge is -2.05. The van der Waals surface area contributed by atoms with Gasteiger partial charge < -0.3 is 5.32 Å². The number of halogens is 2. The van der Waals surface area contributed by atoms with E-state index in [1.165, 1.54) is 0 Å². The van der Waals surface area contributed by atoms with E-state index in [2.05, 4.69) is 17.2 Å². The second-order valence-electron chi connectivity index (χ2n) is 3.14. The van der Waals surface area contributed by atoms with Gasteiger partial charge in [-0.25, -0.2) is 4.39 Å². The molecule has 0 bridgehead atoms. The summed E-state index contributed by atoms with van der Waals surface area (Å²) in [6, 6.07) is 1.37. The smallest absolute Gasteiger partial charge is 0.327 e.